The van der Waals surface area contributed by atoms with Gasteiger partial charge in [-0.05, 0) is 37.9 Å². The molecule has 116 valence electrons. The van der Waals surface area contributed by atoms with Crippen molar-refractivity contribution >= 4 is 5.91 Å². The van der Waals surface area contributed by atoms with Gasteiger partial charge in [0.2, 0.25) is 5.91 Å². The highest BCUT2D eigenvalue weighted by molar-refractivity contribution is 5.80. The monoisotopic (exact) mass is 290 g/mol. The normalized spacial score (nSPS) is 23.0. The van der Waals surface area contributed by atoms with Crippen LogP contribution in [-0.2, 0) is 9.53 Å². The average molecular weight is 290 g/mol. The van der Waals surface area contributed by atoms with Crippen LogP contribution in [0.1, 0.15) is 37.4 Å². The zero-order valence-electron chi connectivity index (χ0n) is 13.2. The van der Waals surface area contributed by atoms with Gasteiger partial charge in [-0.3, -0.25) is 4.79 Å². The fourth-order valence-corrected chi connectivity index (χ4v) is 2.81. The number of hydrogen-bond donors (Lipinski definition) is 2. The third kappa shape index (κ3) is 4.05. The maximum atomic E-state index is 12.5. The molecule has 1 aliphatic heterocycles. The van der Waals surface area contributed by atoms with E-state index in [9.17, 15) is 4.79 Å². The van der Waals surface area contributed by atoms with Gasteiger partial charge in [0.25, 0.3) is 0 Å². The van der Waals surface area contributed by atoms with Gasteiger partial charge in [0.1, 0.15) is 0 Å². The number of hydrogen-bond acceptors (Lipinski definition) is 3. The van der Waals surface area contributed by atoms with Crippen molar-refractivity contribution in [3.63, 3.8) is 0 Å². The molecule has 4 heteroatoms. The van der Waals surface area contributed by atoms with Crippen LogP contribution in [-0.4, -0.2) is 31.7 Å². The Morgan fingerprint density at radius 2 is 2.14 bits per heavy atom. The molecule has 0 saturated carbocycles. The van der Waals surface area contributed by atoms with E-state index >= 15 is 0 Å². The largest absolute Gasteiger partial charge is 0.379 e. The highest BCUT2D eigenvalue weighted by Crippen LogP contribution is 2.19. The number of benzene rings is 1. The van der Waals surface area contributed by atoms with E-state index in [-0.39, 0.29) is 23.9 Å². The van der Waals surface area contributed by atoms with E-state index in [1.54, 1.807) is 0 Å². The van der Waals surface area contributed by atoms with E-state index in [4.69, 9.17) is 4.74 Å². The van der Waals surface area contributed by atoms with Crippen LogP contribution in [0.25, 0.3) is 0 Å². The Balaban J connectivity index is 1.96. The zero-order chi connectivity index (χ0) is 15.2. The van der Waals surface area contributed by atoms with Crippen molar-refractivity contribution in [3.8, 4) is 0 Å². The standard InChI is InChI=1S/C17H26N2O2/c1-4-9-18-16-11-21-10-15(16)17(20)19-13(3)14-8-6-5-7-12(14)2/h5-8,13,15-16,18H,4,9-11H2,1-3H3,(H,19,20)/t13-,15?,16?/m0/s1. The molecule has 21 heavy (non-hydrogen) atoms. The first-order valence-electron chi connectivity index (χ1n) is 7.80. The molecule has 0 spiro atoms. The first-order chi connectivity index (χ1) is 10.1. The minimum absolute atomic E-state index is 0.0196. The van der Waals surface area contributed by atoms with Gasteiger partial charge in [0.15, 0.2) is 0 Å². The summed E-state index contributed by atoms with van der Waals surface area (Å²) in [6, 6.07) is 8.32. The smallest absolute Gasteiger partial charge is 0.227 e. The highest BCUT2D eigenvalue weighted by Gasteiger charge is 2.34. The van der Waals surface area contributed by atoms with Gasteiger partial charge in [0, 0.05) is 6.04 Å². The zero-order valence-corrected chi connectivity index (χ0v) is 13.2. The van der Waals surface area contributed by atoms with Gasteiger partial charge in [-0.1, -0.05) is 31.2 Å². The molecule has 0 radical (unpaired) electrons. The van der Waals surface area contributed by atoms with Crippen molar-refractivity contribution in [1.82, 2.24) is 10.6 Å². The molecule has 1 saturated heterocycles. The summed E-state index contributed by atoms with van der Waals surface area (Å²) in [4.78, 5) is 12.5. The SMILES string of the molecule is CCCNC1COCC1C(=O)N[C@@H](C)c1ccccc1C. The van der Waals surface area contributed by atoms with Crippen LogP contribution in [0.4, 0.5) is 0 Å². The summed E-state index contributed by atoms with van der Waals surface area (Å²) in [5.74, 6) is -0.0140. The van der Waals surface area contributed by atoms with E-state index in [1.165, 1.54) is 11.1 Å². The Kier molecular flexibility index (Phi) is 5.76. The second-order valence-corrected chi connectivity index (χ2v) is 5.79. The Hall–Kier alpha value is -1.39. The maximum Gasteiger partial charge on any atom is 0.227 e. The molecule has 1 aromatic carbocycles. The number of aryl methyl sites for hydroxylation is 1. The van der Waals surface area contributed by atoms with Crippen LogP contribution in [0.2, 0.25) is 0 Å². The van der Waals surface area contributed by atoms with E-state index in [1.807, 2.05) is 19.1 Å². The number of amides is 1. The molecule has 2 N–H and O–H groups in total. The fourth-order valence-electron chi connectivity index (χ4n) is 2.81. The van der Waals surface area contributed by atoms with Crippen LogP contribution in [0.3, 0.4) is 0 Å². The molecular weight excluding hydrogens is 264 g/mol. The van der Waals surface area contributed by atoms with Gasteiger partial charge in [-0.25, -0.2) is 0 Å². The molecule has 0 aliphatic carbocycles. The lowest BCUT2D eigenvalue weighted by Crippen LogP contribution is -2.44. The second kappa shape index (κ2) is 7.57. The lowest BCUT2D eigenvalue weighted by Gasteiger charge is -2.22. The van der Waals surface area contributed by atoms with Gasteiger partial charge in [0.05, 0.1) is 25.2 Å². The van der Waals surface area contributed by atoms with Crippen LogP contribution < -0.4 is 10.6 Å². The van der Waals surface area contributed by atoms with Crippen molar-refractivity contribution in [3.05, 3.63) is 35.4 Å². The Labute approximate surface area is 127 Å². The molecule has 1 aliphatic rings. The van der Waals surface area contributed by atoms with Crippen molar-refractivity contribution in [2.45, 2.75) is 39.3 Å². The van der Waals surface area contributed by atoms with Gasteiger partial charge >= 0.3 is 0 Å². The van der Waals surface area contributed by atoms with Crippen molar-refractivity contribution < 1.29 is 9.53 Å². The fraction of sp³-hybridized carbons (Fsp3) is 0.588. The Morgan fingerprint density at radius 1 is 1.38 bits per heavy atom. The number of carbonyl (C=O) groups excluding carboxylic acids is 1. The second-order valence-electron chi connectivity index (χ2n) is 5.79. The number of nitrogens with one attached hydrogen (secondary N) is 2. The number of rotatable bonds is 6. The number of carbonyl (C=O) groups is 1. The molecular formula is C17H26N2O2. The summed E-state index contributed by atoms with van der Waals surface area (Å²) in [5.41, 5.74) is 2.37. The van der Waals surface area contributed by atoms with E-state index in [2.05, 4.69) is 36.6 Å². The maximum absolute atomic E-state index is 12.5. The molecule has 0 bridgehead atoms. The summed E-state index contributed by atoms with van der Waals surface area (Å²) in [6.45, 7) is 8.28. The highest BCUT2D eigenvalue weighted by atomic mass is 16.5. The minimum Gasteiger partial charge on any atom is -0.379 e. The molecule has 2 rings (SSSR count). The summed E-state index contributed by atoms with van der Waals surface area (Å²) < 4.78 is 5.48. The third-order valence-corrected chi connectivity index (χ3v) is 4.09. The predicted molar refractivity (Wildman–Crippen MR) is 84.1 cm³/mol. The van der Waals surface area contributed by atoms with Crippen molar-refractivity contribution in [1.29, 1.82) is 0 Å². The van der Waals surface area contributed by atoms with Gasteiger partial charge in [-0.15, -0.1) is 0 Å². The summed E-state index contributed by atoms with van der Waals surface area (Å²) in [6.07, 6.45) is 1.06. The average Bonchev–Trinajstić information content (AvgIpc) is 2.93. The topological polar surface area (TPSA) is 50.4 Å². The first-order valence-corrected chi connectivity index (χ1v) is 7.80. The molecule has 1 amide bonds. The Morgan fingerprint density at radius 3 is 2.86 bits per heavy atom. The number of ether oxygens (including phenoxy) is 1. The summed E-state index contributed by atoms with van der Waals surface area (Å²) in [5, 5.41) is 6.53. The quantitative estimate of drug-likeness (QED) is 0.844. The van der Waals surface area contributed by atoms with Crippen molar-refractivity contribution in [2.75, 3.05) is 19.8 Å². The molecule has 0 aromatic heterocycles. The van der Waals surface area contributed by atoms with Crippen molar-refractivity contribution in [2.24, 2.45) is 5.92 Å². The van der Waals surface area contributed by atoms with Crippen LogP contribution in [0.15, 0.2) is 24.3 Å². The van der Waals surface area contributed by atoms with Crippen LogP contribution >= 0.6 is 0 Å². The summed E-state index contributed by atoms with van der Waals surface area (Å²) >= 11 is 0. The summed E-state index contributed by atoms with van der Waals surface area (Å²) in [7, 11) is 0. The Bertz CT molecular complexity index is 476. The molecule has 3 atom stereocenters. The van der Waals surface area contributed by atoms with E-state index in [0.29, 0.717) is 13.2 Å². The lowest BCUT2D eigenvalue weighted by atomic mass is 9.99. The van der Waals surface area contributed by atoms with Crippen LogP contribution in [0.5, 0.6) is 0 Å². The molecule has 1 heterocycles. The van der Waals surface area contributed by atoms with E-state index in [0.717, 1.165) is 13.0 Å². The first kappa shape index (κ1) is 16.0. The molecule has 1 fully saturated rings. The van der Waals surface area contributed by atoms with E-state index < -0.39 is 0 Å². The van der Waals surface area contributed by atoms with Gasteiger partial charge < -0.3 is 15.4 Å². The predicted octanol–water partition coefficient (Wildman–Crippen LogP) is 2.19. The molecule has 2 unspecified atom stereocenters. The lowest BCUT2D eigenvalue weighted by molar-refractivity contribution is -0.126. The van der Waals surface area contributed by atoms with Crippen LogP contribution in [0, 0.1) is 12.8 Å². The molecule has 1 aromatic rings. The molecule has 4 nitrogen and oxygen atoms in total. The van der Waals surface area contributed by atoms with Gasteiger partial charge in [-0.2, -0.15) is 0 Å². The third-order valence-electron chi connectivity index (χ3n) is 4.09. The minimum atomic E-state index is -0.0944.